The predicted octanol–water partition coefficient (Wildman–Crippen LogP) is 2.55. The van der Waals surface area contributed by atoms with Crippen molar-refractivity contribution >= 4 is 17.0 Å². The second kappa shape index (κ2) is 5.40. The highest BCUT2D eigenvalue weighted by Crippen LogP contribution is 2.22. The molecule has 1 fully saturated rings. The van der Waals surface area contributed by atoms with Crippen molar-refractivity contribution in [2.75, 3.05) is 25.4 Å². The number of hydrogen-bond donors (Lipinski definition) is 1. The van der Waals surface area contributed by atoms with Gasteiger partial charge in [-0.25, -0.2) is 9.37 Å². The molecule has 2 aromatic rings. The molecule has 1 aliphatic heterocycles. The fourth-order valence-corrected chi connectivity index (χ4v) is 2.96. The molecule has 3 rings (SSSR count). The topological polar surface area (TPSA) is 47.1 Å². The van der Waals surface area contributed by atoms with Crippen LogP contribution >= 0.6 is 0 Å². The van der Waals surface area contributed by atoms with Crippen molar-refractivity contribution in [1.29, 1.82) is 0 Å². The van der Waals surface area contributed by atoms with Crippen molar-refractivity contribution in [3.8, 4) is 0 Å². The number of benzene rings is 1. The van der Waals surface area contributed by atoms with Gasteiger partial charge in [-0.05, 0) is 57.5 Å². The molecule has 108 valence electrons. The summed E-state index contributed by atoms with van der Waals surface area (Å²) >= 11 is 0. The van der Waals surface area contributed by atoms with Gasteiger partial charge in [0.25, 0.3) is 0 Å². The van der Waals surface area contributed by atoms with Crippen LogP contribution in [0.2, 0.25) is 0 Å². The third kappa shape index (κ3) is 2.50. The van der Waals surface area contributed by atoms with Crippen LogP contribution in [0.25, 0.3) is 11.0 Å². The number of nitrogen functional groups attached to an aromatic ring is 1. The molecule has 0 radical (unpaired) electrons. The zero-order valence-corrected chi connectivity index (χ0v) is 11.9. The second-order valence-electron chi connectivity index (χ2n) is 5.61. The second-order valence-corrected chi connectivity index (χ2v) is 5.61. The summed E-state index contributed by atoms with van der Waals surface area (Å²) in [5.41, 5.74) is 8.18. The predicted molar refractivity (Wildman–Crippen MR) is 79.1 cm³/mol. The SMILES string of the molecule is Cc1cc2c(cc1F)nc(N)n2CCCN1CCCC1. The molecule has 0 aliphatic carbocycles. The first kappa shape index (κ1) is 13.4. The van der Waals surface area contributed by atoms with Crippen LogP contribution in [-0.2, 0) is 6.54 Å². The van der Waals surface area contributed by atoms with E-state index in [0.29, 0.717) is 17.0 Å². The van der Waals surface area contributed by atoms with Crippen molar-refractivity contribution in [3.63, 3.8) is 0 Å². The number of hydrogen-bond acceptors (Lipinski definition) is 3. The molecule has 1 aromatic heterocycles. The molecule has 0 amide bonds. The van der Waals surface area contributed by atoms with E-state index < -0.39 is 0 Å². The molecule has 1 aliphatic rings. The maximum Gasteiger partial charge on any atom is 0.201 e. The lowest BCUT2D eigenvalue weighted by molar-refractivity contribution is 0.326. The van der Waals surface area contributed by atoms with Gasteiger partial charge < -0.3 is 15.2 Å². The summed E-state index contributed by atoms with van der Waals surface area (Å²) < 4.78 is 15.5. The van der Waals surface area contributed by atoms with Crippen LogP contribution in [0.4, 0.5) is 10.3 Å². The smallest absolute Gasteiger partial charge is 0.201 e. The van der Waals surface area contributed by atoms with E-state index in [9.17, 15) is 4.39 Å². The lowest BCUT2D eigenvalue weighted by Crippen LogP contribution is -2.21. The minimum atomic E-state index is -0.223. The van der Waals surface area contributed by atoms with Crippen LogP contribution in [0, 0.1) is 12.7 Å². The van der Waals surface area contributed by atoms with Gasteiger partial charge in [-0.15, -0.1) is 0 Å². The Labute approximate surface area is 118 Å². The van der Waals surface area contributed by atoms with Crippen LogP contribution in [0.3, 0.4) is 0 Å². The van der Waals surface area contributed by atoms with Crippen molar-refractivity contribution in [1.82, 2.24) is 14.5 Å². The van der Waals surface area contributed by atoms with E-state index in [4.69, 9.17) is 5.73 Å². The van der Waals surface area contributed by atoms with Gasteiger partial charge in [-0.1, -0.05) is 0 Å². The van der Waals surface area contributed by atoms with Gasteiger partial charge in [0.1, 0.15) is 5.82 Å². The van der Waals surface area contributed by atoms with Crippen LogP contribution in [0.5, 0.6) is 0 Å². The lowest BCUT2D eigenvalue weighted by atomic mass is 10.2. The number of aryl methyl sites for hydroxylation is 2. The van der Waals surface area contributed by atoms with Gasteiger partial charge >= 0.3 is 0 Å². The van der Waals surface area contributed by atoms with Gasteiger partial charge in [0.05, 0.1) is 11.0 Å². The zero-order chi connectivity index (χ0) is 14.1. The van der Waals surface area contributed by atoms with E-state index in [1.54, 1.807) is 6.92 Å². The van der Waals surface area contributed by atoms with Crippen LogP contribution in [0.15, 0.2) is 12.1 Å². The van der Waals surface area contributed by atoms with Crippen molar-refractivity contribution < 1.29 is 4.39 Å². The number of likely N-dealkylation sites (tertiary alicyclic amines) is 1. The summed E-state index contributed by atoms with van der Waals surface area (Å²) in [6.45, 7) is 6.13. The van der Waals surface area contributed by atoms with Crippen LogP contribution in [0.1, 0.15) is 24.8 Å². The van der Waals surface area contributed by atoms with Gasteiger partial charge in [0.2, 0.25) is 5.95 Å². The lowest BCUT2D eigenvalue weighted by Gasteiger charge is -2.15. The molecule has 0 spiro atoms. The molecular weight excluding hydrogens is 255 g/mol. The fraction of sp³-hybridized carbons (Fsp3) is 0.533. The fourth-order valence-electron chi connectivity index (χ4n) is 2.96. The van der Waals surface area contributed by atoms with Gasteiger partial charge in [-0.2, -0.15) is 0 Å². The first-order chi connectivity index (χ1) is 9.65. The number of nitrogens with two attached hydrogens (primary N) is 1. The van der Waals surface area contributed by atoms with Crippen LogP contribution < -0.4 is 5.73 Å². The number of fused-ring (bicyclic) bond motifs is 1. The quantitative estimate of drug-likeness (QED) is 0.933. The summed E-state index contributed by atoms with van der Waals surface area (Å²) in [6.07, 6.45) is 3.68. The zero-order valence-electron chi connectivity index (χ0n) is 11.9. The van der Waals surface area contributed by atoms with Crippen LogP contribution in [-0.4, -0.2) is 34.1 Å². The molecule has 0 saturated carbocycles. The molecule has 5 heteroatoms. The first-order valence-corrected chi connectivity index (χ1v) is 7.29. The average molecular weight is 276 g/mol. The van der Waals surface area contributed by atoms with E-state index in [1.165, 1.54) is 32.0 Å². The Kier molecular flexibility index (Phi) is 3.61. The van der Waals surface area contributed by atoms with Crippen molar-refractivity contribution in [3.05, 3.63) is 23.5 Å². The van der Waals surface area contributed by atoms with E-state index in [0.717, 1.165) is 25.0 Å². The highest BCUT2D eigenvalue weighted by molar-refractivity contribution is 5.79. The van der Waals surface area contributed by atoms with E-state index in [-0.39, 0.29) is 5.82 Å². The molecule has 20 heavy (non-hydrogen) atoms. The minimum absolute atomic E-state index is 0.223. The number of rotatable bonds is 4. The summed E-state index contributed by atoms with van der Waals surface area (Å²) in [5, 5.41) is 0. The summed E-state index contributed by atoms with van der Waals surface area (Å²) in [5.74, 6) is 0.255. The Morgan fingerprint density at radius 3 is 2.75 bits per heavy atom. The maximum atomic E-state index is 13.5. The normalized spacial score (nSPS) is 16.3. The Bertz CT molecular complexity index is 614. The number of aromatic nitrogens is 2. The Balaban J connectivity index is 1.76. The minimum Gasteiger partial charge on any atom is -0.369 e. The highest BCUT2D eigenvalue weighted by atomic mass is 19.1. The number of imidazole rings is 1. The van der Waals surface area contributed by atoms with E-state index >= 15 is 0 Å². The standard InChI is InChI=1S/C15H21FN4/c1-11-9-14-13(10-12(11)16)18-15(17)20(14)8-4-7-19-5-2-3-6-19/h9-10H,2-8H2,1H3,(H2,17,18). The third-order valence-electron chi connectivity index (χ3n) is 4.11. The van der Waals surface area contributed by atoms with Gasteiger partial charge in [0, 0.05) is 12.6 Å². The summed E-state index contributed by atoms with van der Waals surface area (Å²) in [4.78, 5) is 6.74. The van der Waals surface area contributed by atoms with Crippen molar-refractivity contribution in [2.45, 2.75) is 32.7 Å². The van der Waals surface area contributed by atoms with Gasteiger partial charge in [0.15, 0.2) is 0 Å². The summed E-state index contributed by atoms with van der Waals surface area (Å²) in [7, 11) is 0. The molecule has 4 nitrogen and oxygen atoms in total. The molecule has 2 N–H and O–H groups in total. The number of anilines is 1. The van der Waals surface area contributed by atoms with Gasteiger partial charge in [-0.3, -0.25) is 0 Å². The third-order valence-corrected chi connectivity index (χ3v) is 4.11. The Morgan fingerprint density at radius 2 is 2.00 bits per heavy atom. The van der Waals surface area contributed by atoms with E-state index in [2.05, 4.69) is 9.88 Å². The first-order valence-electron chi connectivity index (χ1n) is 7.29. The van der Waals surface area contributed by atoms with E-state index in [1.807, 2.05) is 10.6 Å². The van der Waals surface area contributed by atoms with Crippen molar-refractivity contribution in [2.24, 2.45) is 0 Å². The molecular formula is C15H21FN4. The molecule has 0 atom stereocenters. The molecule has 0 unspecified atom stereocenters. The summed E-state index contributed by atoms with van der Waals surface area (Å²) in [6, 6.07) is 3.31. The maximum absolute atomic E-state index is 13.5. The molecule has 1 saturated heterocycles. The Morgan fingerprint density at radius 1 is 1.25 bits per heavy atom. The molecule has 2 heterocycles. The number of halogens is 1. The average Bonchev–Trinajstić information content (AvgIpc) is 3.01. The molecule has 1 aromatic carbocycles. The Hall–Kier alpha value is -1.62. The highest BCUT2D eigenvalue weighted by Gasteiger charge is 2.13. The largest absolute Gasteiger partial charge is 0.369 e. The monoisotopic (exact) mass is 276 g/mol. The molecule has 0 bridgehead atoms. The number of nitrogens with zero attached hydrogens (tertiary/aromatic N) is 3.